The molecule has 6 heteroatoms. The van der Waals surface area contributed by atoms with Crippen molar-refractivity contribution in [2.24, 2.45) is 0 Å². The van der Waals surface area contributed by atoms with Crippen LogP contribution in [0.15, 0.2) is 34.9 Å². The average Bonchev–Trinajstić information content (AvgIpc) is 2.70. The van der Waals surface area contributed by atoms with Crippen LogP contribution in [0.1, 0.15) is 10.5 Å². The maximum Gasteiger partial charge on any atom is 0.357 e. The van der Waals surface area contributed by atoms with Crippen LogP contribution in [-0.4, -0.2) is 21.2 Å². The van der Waals surface area contributed by atoms with E-state index in [1.165, 1.54) is 12.1 Å². The van der Waals surface area contributed by atoms with Crippen LogP contribution in [0.25, 0.3) is 0 Å². The number of nitrogens with one attached hydrogen (secondary N) is 1. The Kier molecular flexibility index (Phi) is 2.47. The highest BCUT2D eigenvalue weighted by Gasteiger charge is 2.09. The van der Waals surface area contributed by atoms with Gasteiger partial charge in [-0.15, -0.1) is 0 Å². The lowest BCUT2D eigenvalue weighted by Crippen LogP contribution is -1.97. The summed E-state index contributed by atoms with van der Waals surface area (Å²) in [6.07, 6.45) is 1.05. The van der Waals surface area contributed by atoms with E-state index >= 15 is 0 Å². The molecule has 1 aromatic heterocycles. The van der Waals surface area contributed by atoms with Crippen LogP contribution in [0.2, 0.25) is 0 Å². The lowest BCUT2D eigenvalue weighted by molar-refractivity contribution is 0.0690. The number of aromatic nitrogens is 1. The number of anilines is 2. The van der Waals surface area contributed by atoms with Crippen molar-refractivity contribution in [3.05, 3.63) is 36.2 Å². The molecule has 1 heterocycles. The molecule has 2 rings (SSSR count). The number of hydrogen-bond donors (Lipinski definition) is 3. The molecule has 16 heavy (non-hydrogen) atoms. The highest BCUT2D eigenvalue weighted by molar-refractivity contribution is 5.85. The molecule has 0 atom stereocenters. The topological polar surface area (TPSA) is 95.6 Å². The summed E-state index contributed by atoms with van der Waals surface area (Å²) < 4.78 is 4.89. The molecule has 82 valence electrons. The highest BCUT2D eigenvalue weighted by atomic mass is 16.4. The number of phenols is 1. The number of rotatable bonds is 3. The summed E-state index contributed by atoms with van der Waals surface area (Å²) >= 11 is 0. The van der Waals surface area contributed by atoms with Gasteiger partial charge in [0.2, 0.25) is 0 Å². The number of nitrogens with zero attached hydrogens (tertiary/aromatic N) is 1. The van der Waals surface area contributed by atoms with E-state index < -0.39 is 5.97 Å². The SMILES string of the molecule is O=C(O)c1coc(Nc2ccc(O)cc2)n1. The third-order valence-electron chi connectivity index (χ3n) is 1.84. The third kappa shape index (κ3) is 2.11. The normalized spacial score (nSPS) is 10.0. The van der Waals surface area contributed by atoms with Gasteiger partial charge in [-0.1, -0.05) is 0 Å². The van der Waals surface area contributed by atoms with Crippen molar-refractivity contribution >= 4 is 17.7 Å². The zero-order valence-electron chi connectivity index (χ0n) is 8.04. The van der Waals surface area contributed by atoms with E-state index in [4.69, 9.17) is 14.6 Å². The predicted octanol–water partition coefficient (Wildman–Crippen LogP) is 1.82. The van der Waals surface area contributed by atoms with Crippen LogP contribution in [-0.2, 0) is 0 Å². The molecule has 0 bridgehead atoms. The number of benzene rings is 1. The second kappa shape index (κ2) is 3.93. The van der Waals surface area contributed by atoms with E-state index in [2.05, 4.69) is 10.3 Å². The standard InChI is InChI=1S/C10H8N2O4/c13-7-3-1-6(2-4-7)11-10-12-8(5-16-10)9(14)15/h1-5,13H,(H,11,12)(H,14,15). The average molecular weight is 220 g/mol. The number of carbonyl (C=O) groups is 1. The van der Waals surface area contributed by atoms with Gasteiger partial charge in [0.15, 0.2) is 5.69 Å². The second-order valence-electron chi connectivity index (χ2n) is 3.01. The van der Waals surface area contributed by atoms with E-state index in [1.54, 1.807) is 12.1 Å². The Labute approximate surface area is 90.2 Å². The van der Waals surface area contributed by atoms with Gasteiger partial charge >= 0.3 is 5.97 Å². The summed E-state index contributed by atoms with van der Waals surface area (Å²) in [6, 6.07) is 6.29. The van der Waals surface area contributed by atoms with Crippen LogP contribution in [0.3, 0.4) is 0 Å². The maximum absolute atomic E-state index is 10.5. The lowest BCUT2D eigenvalue weighted by Gasteiger charge is -2.00. The van der Waals surface area contributed by atoms with Gasteiger partial charge in [0.05, 0.1) is 0 Å². The second-order valence-corrected chi connectivity index (χ2v) is 3.01. The third-order valence-corrected chi connectivity index (χ3v) is 1.84. The Morgan fingerprint density at radius 2 is 2.00 bits per heavy atom. The van der Waals surface area contributed by atoms with E-state index in [9.17, 15) is 4.79 Å². The molecule has 0 aliphatic carbocycles. The first-order valence-corrected chi connectivity index (χ1v) is 4.40. The van der Waals surface area contributed by atoms with E-state index in [0.29, 0.717) is 5.69 Å². The Morgan fingerprint density at radius 1 is 1.31 bits per heavy atom. The fourth-order valence-corrected chi connectivity index (χ4v) is 1.10. The van der Waals surface area contributed by atoms with E-state index in [-0.39, 0.29) is 17.5 Å². The first-order valence-electron chi connectivity index (χ1n) is 4.40. The molecular weight excluding hydrogens is 212 g/mol. The lowest BCUT2D eigenvalue weighted by atomic mass is 10.3. The van der Waals surface area contributed by atoms with Crippen molar-refractivity contribution in [1.82, 2.24) is 4.98 Å². The first-order chi connectivity index (χ1) is 7.65. The summed E-state index contributed by atoms with van der Waals surface area (Å²) in [5.41, 5.74) is 0.470. The smallest absolute Gasteiger partial charge is 0.357 e. The van der Waals surface area contributed by atoms with Crippen LogP contribution >= 0.6 is 0 Å². The number of aromatic carboxylic acids is 1. The van der Waals surface area contributed by atoms with E-state index in [0.717, 1.165) is 6.26 Å². The van der Waals surface area contributed by atoms with Gasteiger partial charge in [0.25, 0.3) is 6.01 Å². The maximum atomic E-state index is 10.5. The van der Waals surface area contributed by atoms with Crippen LogP contribution in [0.5, 0.6) is 5.75 Å². The van der Waals surface area contributed by atoms with Crippen molar-refractivity contribution in [2.45, 2.75) is 0 Å². The number of carboxylic acid groups (broad SMARTS) is 1. The summed E-state index contributed by atoms with van der Waals surface area (Å²) in [5.74, 6) is -1.01. The van der Waals surface area contributed by atoms with Gasteiger partial charge in [0, 0.05) is 5.69 Å². The quantitative estimate of drug-likeness (QED) is 0.683. The Bertz CT molecular complexity index is 504. The van der Waals surface area contributed by atoms with Crippen molar-refractivity contribution in [1.29, 1.82) is 0 Å². The van der Waals surface area contributed by atoms with Gasteiger partial charge in [-0.2, -0.15) is 4.98 Å². The largest absolute Gasteiger partial charge is 0.508 e. The van der Waals surface area contributed by atoms with Crippen LogP contribution in [0.4, 0.5) is 11.7 Å². The fourth-order valence-electron chi connectivity index (χ4n) is 1.10. The molecule has 0 amide bonds. The first kappa shape index (κ1) is 10.0. The van der Waals surface area contributed by atoms with Crippen LogP contribution in [0, 0.1) is 0 Å². The minimum absolute atomic E-state index is 0.0862. The zero-order chi connectivity index (χ0) is 11.5. The molecule has 0 radical (unpaired) electrons. The molecule has 0 saturated heterocycles. The van der Waals surface area contributed by atoms with Gasteiger partial charge in [0.1, 0.15) is 12.0 Å². The molecule has 0 aliphatic heterocycles. The molecule has 6 nitrogen and oxygen atoms in total. The molecule has 3 N–H and O–H groups in total. The Morgan fingerprint density at radius 3 is 2.56 bits per heavy atom. The van der Waals surface area contributed by atoms with Gasteiger partial charge in [-0.3, -0.25) is 0 Å². The number of phenolic OH excluding ortho intramolecular Hbond substituents is 1. The van der Waals surface area contributed by atoms with Gasteiger partial charge < -0.3 is 19.9 Å². The summed E-state index contributed by atoms with van der Waals surface area (Å²) in [6.45, 7) is 0. The molecule has 1 aromatic carbocycles. The van der Waals surface area contributed by atoms with Crippen molar-refractivity contribution < 1.29 is 19.4 Å². The van der Waals surface area contributed by atoms with Gasteiger partial charge in [-0.05, 0) is 24.3 Å². The molecule has 2 aromatic rings. The van der Waals surface area contributed by atoms with Gasteiger partial charge in [-0.25, -0.2) is 4.79 Å². The highest BCUT2D eigenvalue weighted by Crippen LogP contribution is 2.18. The summed E-state index contributed by atoms with van der Waals surface area (Å²) in [7, 11) is 0. The number of carboxylic acids is 1. The predicted molar refractivity (Wildman–Crippen MR) is 54.9 cm³/mol. The Balaban J connectivity index is 2.14. The molecular formula is C10H8N2O4. The molecule has 0 unspecified atom stereocenters. The Hall–Kier alpha value is -2.50. The van der Waals surface area contributed by atoms with Crippen molar-refractivity contribution in [2.75, 3.05) is 5.32 Å². The van der Waals surface area contributed by atoms with Crippen molar-refractivity contribution in [3.8, 4) is 5.75 Å². The summed E-state index contributed by atoms with van der Waals surface area (Å²) in [4.78, 5) is 14.2. The van der Waals surface area contributed by atoms with Crippen molar-refractivity contribution in [3.63, 3.8) is 0 Å². The molecule has 0 aliphatic rings. The van der Waals surface area contributed by atoms with Crippen LogP contribution < -0.4 is 5.32 Å². The monoisotopic (exact) mass is 220 g/mol. The fraction of sp³-hybridized carbons (Fsp3) is 0. The number of oxazole rings is 1. The molecule has 0 spiro atoms. The minimum atomic E-state index is -1.15. The zero-order valence-corrected chi connectivity index (χ0v) is 8.04. The number of aromatic hydroxyl groups is 1. The minimum Gasteiger partial charge on any atom is -0.508 e. The summed E-state index contributed by atoms with van der Waals surface area (Å²) in [5, 5.41) is 20.4. The van der Waals surface area contributed by atoms with E-state index in [1.807, 2.05) is 0 Å². The molecule has 0 fully saturated rings. The molecule has 0 saturated carbocycles. The number of hydrogen-bond acceptors (Lipinski definition) is 5.